The van der Waals surface area contributed by atoms with E-state index in [1.807, 2.05) is 25.3 Å². The third kappa shape index (κ3) is 6.05. The molecule has 0 radical (unpaired) electrons. The second-order valence-corrected chi connectivity index (χ2v) is 10.7. The summed E-state index contributed by atoms with van der Waals surface area (Å²) in [6, 6.07) is 4.31. The zero-order chi connectivity index (χ0) is 23.3. The lowest BCUT2D eigenvalue weighted by Gasteiger charge is -2.34. The highest BCUT2D eigenvalue weighted by Crippen LogP contribution is 2.35. The van der Waals surface area contributed by atoms with Gasteiger partial charge in [0.15, 0.2) is 0 Å². The summed E-state index contributed by atoms with van der Waals surface area (Å²) in [4.78, 5) is 16.6. The van der Waals surface area contributed by atoms with Crippen molar-refractivity contribution in [1.82, 2.24) is 19.9 Å². The van der Waals surface area contributed by atoms with Gasteiger partial charge in [0, 0.05) is 41.9 Å². The van der Waals surface area contributed by atoms with Crippen molar-refractivity contribution < 1.29 is 5.11 Å². The number of nitrogens with zero attached hydrogens (tertiary/aromatic N) is 4. The molecule has 3 N–H and O–H groups in total. The molecule has 5 rings (SSSR count). The number of aliphatic hydroxyl groups is 1. The van der Waals surface area contributed by atoms with Gasteiger partial charge in [0.2, 0.25) is 5.95 Å². The number of rotatable bonds is 7. The summed E-state index contributed by atoms with van der Waals surface area (Å²) in [5.74, 6) is 3.00. The van der Waals surface area contributed by atoms with Crippen LogP contribution in [0.4, 0.5) is 17.5 Å². The Labute approximate surface area is 203 Å². The number of anilines is 3. The van der Waals surface area contributed by atoms with Crippen molar-refractivity contribution in [3.8, 4) is 0 Å². The minimum atomic E-state index is -0.153. The standard InChI is InChI=1S/C27H40N6O/c1-19-16-23(10-13-28-19)31-27-29-17-25(26(32-27)30-22-6-8-24(34)9-7-22)21-11-14-33(15-12-21)18-20-4-2-3-5-20/h10,13,16-17,20-22,24,34H,2-9,11-12,14-15,18H2,1H3,(H2,28,29,30,31,32)/t22-,24-. The molecule has 1 aliphatic heterocycles. The third-order valence-corrected chi connectivity index (χ3v) is 8.03. The molecule has 184 valence electrons. The Morgan fingerprint density at radius 2 is 1.76 bits per heavy atom. The molecule has 0 amide bonds. The molecule has 2 aromatic heterocycles. The fraction of sp³-hybridized carbons (Fsp3) is 0.667. The van der Waals surface area contributed by atoms with Crippen molar-refractivity contribution in [1.29, 1.82) is 0 Å². The fourth-order valence-corrected chi connectivity index (χ4v) is 6.02. The normalized spacial score (nSPS) is 24.9. The third-order valence-electron chi connectivity index (χ3n) is 8.03. The molecule has 0 spiro atoms. The highest BCUT2D eigenvalue weighted by Gasteiger charge is 2.28. The van der Waals surface area contributed by atoms with Gasteiger partial charge in [0.05, 0.1) is 6.10 Å². The average molecular weight is 465 g/mol. The average Bonchev–Trinajstić information content (AvgIpc) is 3.35. The van der Waals surface area contributed by atoms with Crippen LogP contribution >= 0.6 is 0 Å². The minimum Gasteiger partial charge on any atom is -0.393 e. The van der Waals surface area contributed by atoms with E-state index in [0.717, 1.165) is 48.8 Å². The summed E-state index contributed by atoms with van der Waals surface area (Å²) in [7, 11) is 0. The largest absolute Gasteiger partial charge is 0.393 e. The van der Waals surface area contributed by atoms with E-state index in [-0.39, 0.29) is 6.10 Å². The molecule has 0 unspecified atom stereocenters. The van der Waals surface area contributed by atoms with Crippen LogP contribution in [-0.4, -0.2) is 56.7 Å². The van der Waals surface area contributed by atoms with E-state index in [4.69, 9.17) is 9.97 Å². The van der Waals surface area contributed by atoms with Crippen LogP contribution in [0.5, 0.6) is 0 Å². The van der Waals surface area contributed by atoms with Crippen LogP contribution in [0.3, 0.4) is 0 Å². The van der Waals surface area contributed by atoms with Crippen LogP contribution < -0.4 is 10.6 Å². The van der Waals surface area contributed by atoms with E-state index in [0.29, 0.717) is 17.9 Å². The lowest BCUT2D eigenvalue weighted by Crippen LogP contribution is -2.36. The van der Waals surface area contributed by atoms with Crippen LogP contribution in [-0.2, 0) is 0 Å². The first-order chi connectivity index (χ1) is 16.6. The van der Waals surface area contributed by atoms with Crippen LogP contribution in [0, 0.1) is 12.8 Å². The lowest BCUT2D eigenvalue weighted by molar-refractivity contribution is 0.126. The fourth-order valence-electron chi connectivity index (χ4n) is 6.02. The van der Waals surface area contributed by atoms with Crippen LogP contribution in [0.1, 0.15) is 81.4 Å². The molecule has 0 bridgehead atoms. The maximum atomic E-state index is 9.94. The molecule has 0 aromatic carbocycles. The maximum absolute atomic E-state index is 9.94. The quantitative estimate of drug-likeness (QED) is 0.531. The predicted molar refractivity (Wildman–Crippen MR) is 137 cm³/mol. The van der Waals surface area contributed by atoms with Gasteiger partial charge in [-0.1, -0.05) is 12.8 Å². The Morgan fingerprint density at radius 3 is 2.50 bits per heavy atom. The van der Waals surface area contributed by atoms with Crippen LogP contribution in [0.25, 0.3) is 0 Å². The molecule has 3 fully saturated rings. The number of hydrogen-bond donors (Lipinski definition) is 3. The Balaban J connectivity index is 1.29. The van der Waals surface area contributed by atoms with Gasteiger partial charge < -0.3 is 20.6 Å². The maximum Gasteiger partial charge on any atom is 0.229 e. The number of piperidine rings is 1. The first-order valence-electron chi connectivity index (χ1n) is 13.4. The van der Waals surface area contributed by atoms with Gasteiger partial charge in [-0.25, -0.2) is 4.98 Å². The number of nitrogens with one attached hydrogen (secondary N) is 2. The molecule has 1 saturated heterocycles. The summed E-state index contributed by atoms with van der Waals surface area (Å²) >= 11 is 0. The van der Waals surface area contributed by atoms with Gasteiger partial charge in [0.1, 0.15) is 5.82 Å². The highest BCUT2D eigenvalue weighted by atomic mass is 16.3. The molecule has 2 aromatic rings. The summed E-state index contributed by atoms with van der Waals surface area (Å²) in [5.41, 5.74) is 3.17. The van der Waals surface area contributed by atoms with Crippen molar-refractivity contribution >= 4 is 17.5 Å². The molecule has 2 saturated carbocycles. The molecule has 3 heterocycles. The Bertz CT molecular complexity index is 930. The topological polar surface area (TPSA) is 86.2 Å². The van der Waals surface area contributed by atoms with E-state index in [2.05, 4.69) is 20.5 Å². The SMILES string of the molecule is Cc1cc(Nc2ncc(C3CCN(CC4CCCC4)CC3)c(N[C@H]3CC[C@H](O)CC3)n2)ccn1. The Hall–Kier alpha value is -2.25. The van der Waals surface area contributed by atoms with Gasteiger partial charge in [0.25, 0.3) is 0 Å². The number of aryl methyl sites for hydroxylation is 1. The molecule has 7 nitrogen and oxygen atoms in total. The predicted octanol–water partition coefficient (Wildman–Crippen LogP) is 5.01. The summed E-state index contributed by atoms with van der Waals surface area (Å²) in [5, 5.41) is 17.0. The Morgan fingerprint density at radius 1 is 1.00 bits per heavy atom. The van der Waals surface area contributed by atoms with E-state index < -0.39 is 0 Å². The van der Waals surface area contributed by atoms with E-state index >= 15 is 0 Å². The number of pyridine rings is 1. The zero-order valence-corrected chi connectivity index (χ0v) is 20.5. The van der Waals surface area contributed by atoms with E-state index in [1.54, 1.807) is 6.20 Å². The van der Waals surface area contributed by atoms with Crippen molar-refractivity contribution in [2.75, 3.05) is 30.3 Å². The monoisotopic (exact) mass is 464 g/mol. The van der Waals surface area contributed by atoms with Gasteiger partial charge in [-0.05, 0) is 95.3 Å². The zero-order valence-electron chi connectivity index (χ0n) is 20.5. The van der Waals surface area contributed by atoms with E-state index in [9.17, 15) is 5.11 Å². The lowest BCUT2D eigenvalue weighted by atomic mass is 9.89. The second-order valence-electron chi connectivity index (χ2n) is 10.7. The second kappa shape index (κ2) is 11.0. The molecule has 34 heavy (non-hydrogen) atoms. The molecule has 7 heteroatoms. The molecule has 2 aliphatic carbocycles. The van der Waals surface area contributed by atoms with Gasteiger partial charge in [-0.3, -0.25) is 4.98 Å². The molecular formula is C27H40N6O. The number of aromatic nitrogens is 3. The van der Waals surface area contributed by atoms with Crippen molar-refractivity contribution in [3.63, 3.8) is 0 Å². The number of likely N-dealkylation sites (tertiary alicyclic amines) is 1. The molecule has 0 atom stereocenters. The minimum absolute atomic E-state index is 0.153. The number of hydrogen-bond acceptors (Lipinski definition) is 7. The smallest absolute Gasteiger partial charge is 0.229 e. The Kier molecular flexibility index (Phi) is 7.60. The van der Waals surface area contributed by atoms with Gasteiger partial charge in [-0.2, -0.15) is 4.98 Å². The van der Waals surface area contributed by atoms with Crippen molar-refractivity contribution in [2.24, 2.45) is 5.92 Å². The highest BCUT2D eigenvalue weighted by molar-refractivity contribution is 5.57. The van der Waals surface area contributed by atoms with E-state index in [1.165, 1.54) is 63.7 Å². The number of aliphatic hydroxyl groups excluding tert-OH is 1. The van der Waals surface area contributed by atoms with Crippen LogP contribution in [0.2, 0.25) is 0 Å². The van der Waals surface area contributed by atoms with Crippen molar-refractivity contribution in [3.05, 3.63) is 35.8 Å². The summed E-state index contributed by atoms with van der Waals surface area (Å²) in [6.07, 6.45) is 15.4. The van der Waals surface area contributed by atoms with Crippen LogP contribution in [0.15, 0.2) is 24.5 Å². The first kappa shape index (κ1) is 23.5. The summed E-state index contributed by atoms with van der Waals surface area (Å²) < 4.78 is 0. The van der Waals surface area contributed by atoms with Gasteiger partial charge in [-0.15, -0.1) is 0 Å². The van der Waals surface area contributed by atoms with Crippen molar-refractivity contribution in [2.45, 2.75) is 89.2 Å². The molecular weight excluding hydrogens is 424 g/mol. The van der Waals surface area contributed by atoms with Gasteiger partial charge >= 0.3 is 0 Å². The molecule has 3 aliphatic rings. The first-order valence-corrected chi connectivity index (χ1v) is 13.4. The summed E-state index contributed by atoms with van der Waals surface area (Å²) in [6.45, 7) is 5.62.